The summed E-state index contributed by atoms with van der Waals surface area (Å²) in [4.78, 5) is 0. The van der Waals surface area contributed by atoms with Crippen molar-refractivity contribution in [1.29, 1.82) is 0 Å². The first-order valence-corrected chi connectivity index (χ1v) is 3.11. The molecule has 0 spiro atoms. The Bertz CT molecular complexity index is 74.5. The Kier molecular flexibility index (Phi) is 3.53. The number of hydrogen-bond acceptors (Lipinski definition) is 1. The Balaban J connectivity index is 3.33. The molecule has 0 radical (unpaired) electrons. The minimum atomic E-state index is 0.176. The summed E-state index contributed by atoms with van der Waals surface area (Å²) >= 11 is 0. The van der Waals surface area contributed by atoms with Gasteiger partial charge in [-0.2, -0.15) is 0 Å². The normalized spacial score (nSPS) is 13.4. The molecule has 48 valence electrons. The third-order valence-corrected chi connectivity index (χ3v) is 1.22. The number of rotatable bonds is 3. The van der Waals surface area contributed by atoms with Gasteiger partial charge in [-0.25, -0.2) is 0 Å². The lowest BCUT2D eigenvalue weighted by Crippen LogP contribution is -2.16. The monoisotopic (exact) mass is 113 g/mol. The minimum Gasteiger partial charge on any atom is -0.324 e. The van der Waals surface area contributed by atoms with Crippen molar-refractivity contribution in [2.24, 2.45) is 5.73 Å². The van der Waals surface area contributed by atoms with Crippen LogP contribution in [-0.4, -0.2) is 6.04 Å². The lowest BCUT2D eigenvalue weighted by Gasteiger charge is -2.05. The van der Waals surface area contributed by atoms with Gasteiger partial charge in [0.15, 0.2) is 0 Å². The molecule has 0 aromatic carbocycles. The highest BCUT2D eigenvalue weighted by Crippen LogP contribution is 2.03. The van der Waals surface area contributed by atoms with Crippen LogP contribution in [0, 0.1) is 0 Å². The molecule has 0 fully saturated rings. The van der Waals surface area contributed by atoms with Crippen molar-refractivity contribution in [3.8, 4) is 0 Å². The van der Waals surface area contributed by atoms with E-state index >= 15 is 0 Å². The lowest BCUT2D eigenvalue weighted by molar-refractivity contribution is 0.772. The lowest BCUT2D eigenvalue weighted by atomic mass is 10.1. The fourth-order valence-electron chi connectivity index (χ4n) is 0.549. The predicted octanol–water partition coefficient (Wildman–Crippen LogP) is 1.69. The Hall–Kier alpha value is -0.300. The van der Waals surface area contributed by atoms with Crippen molar-refractivity contribution in [2.75, 3.05) is 0 Å². The summed E-state index contributed by atoms with van der Waals surface area (Å²) < 4.78 is 0. The van der Waals surface area contributed by atoms with E-state index in [-0.39, 0.29) is 6.04 Å². The minimum absolute atomic E-state index is 0.176. The standard InChI is InChI=1S/C7H15N/c1-4-5-6(2)7(3)8/h7H,2,4-5,8H2,1,3H3. The molecular weight excluding hydrogens is 98.1 g/mol. The van der Waals surface area contributed by atoms with Crippen LogP contribution in [0.15, 0.2) is 12.2 Å². The Morgan fingerprint density at radius 3 is 2.38 bits per heavy atom. The summed E-state index contributed by atoms with van der Waals surface area (Å²) in [7, 11) is 0. The molecule has 0 aliphatic rings. The molecule has 0 aliphatic heterocycles. The van der Waals surface area contributed by atoms with E-state index in [9.17, 15) is 0 Å². The first-order valence-electron chi connectivity index (χ1n) is 3.11. The highest BCUT2D eigenvalue weighted by atomic mass is 14.6. The van der Waals surface area contributed by atoms with Crippen molar-refractivity contribution >= 4 is 0 Å². The molecule has 1 nitrogen and oxygen atoms in total. The Labute approximate surface area is 51.6 Å². The Morgan fingerprint density at radius 1 is 1.75 bits per heavy atom. The van der Waals surface area contributed by atoms with Gasteiger partial charge in [0.1, 0.15) is 0 Å². The zero-order valence-electron chi connectivity index (χ0n) is 5.78. The first kappa shape index (κ1) is 7.70. The van der Waals surface area contributed by atoms with Gasteiger partial charge >= 0.3 is 0 Å². The molecule has 0 aromatic rings. The molecule has 1 unspecified atom stereocenters. The van der Waals surface area contributed by atoms with Gasteiger partial charge in [0, 0.05) is 6.04 Å². The van der Waals surface area contributed by atoms with E-state index in [2.05, 4.69) is 13.5 Å². The van der Waals surface area contributed by atoms with Gasteiger partial charge in [-0.3, -0.25) is 0 Å². The second-order valence-corrected chi connectivity index (χ2v) is 2.20. The number of hydrogen-bond donors (Lipinski definition) is 1. The van der Waals surface area contributed by atoms with Crippen LogP contribution in [0.4, 0.5) is 0 Å². The van der Waals surface area contributed by atoms with E-state index in [0.717, 1.165) is 18.4 Å². The highest BCUT2D eigenvalue weighted by molar-refractivity contribution is 5.01. The van der Waals surface area contributed by atoms with Gasteiger partial charge in [-0.15, -0.1) is 0 Å². The van der Waals surface area contributed by atoms with Crippen molar-refractivity contribution in [2.45, 2.75) is 32.7 Å². The van der Waals surface area contributed by atoms with E-state index < -0.39 is 0 Å². The quantitative estimate of drug-likeness (QED) is 0.554. The molecule has 8 heavy (non-hydrogen) atoms. The van der Waals surface area contributed by atoms with Gasteiger partial charge in [0.25, 0.3) is 0 Å². The van der Waals surface area contributed by atoms with Crippen molar-refractivity contribution in [3.63, 3.8) is 0 Å². The molecule has 0 bridgehead atoms. The van der Waals surface area contributed by atoms with E-state index in [1.165, 1.54) is 0 Å². The van der Waals surface area contributed by atoms with Gasteiger partial charge < -0.3 is 5.73 Å². The third kappa shape index (κ3) is 2.80. The second kappa shape index (κ2) is 3.67. The van der Waals surface area contributed by atoms with Crippen LogP contribution in [0.25, 0.3) is 0 Å². The van der Waals surface area contributed by atoms with Crippen LogP contribution >= 0.6 is 0 Å². The predicted molar refractivity (Wildman–Crippen MR) is 37.7 cm³/mol. The molecule has 0 rings (SSSR count). The molecule has 2 N–H and O–H groups in total. The van der Waals surface area contributed by atoms with Crippen LogP contribution in [0.1, 0.15) is 26.7 Å². The van der Waals surface area contributed by atoms with Gasteiger partial charge in [-0.05, 0) is 13.3 Å². The fraction of sp³-hybridized carbons (Fsp3) is 0.714. The van der Waals surface area contributed by atoms with Crippen molar-refractivity contribution in [1.82, 2.24) is 0 Å². The summed E-state index contributed by atoms with van der Waals surface area (Å²) in [6, 6.07) is 0.176. The topological polar surface area (TPSA) is 26.0 Å². The average molecular weight is 113 g/mol. The molecule has 0 amide bonds. The van der Waals surface area contributed by atoms with Crippen LogP contribution in [0.5, 0.6) is 0 Å². The maximum atomic E-state index is 5.52. The third-order valence-electron chi connectivity index (χ3n) is 1.22. The van der Waals surface area contributed by atoms with E-state index in [4.69, 9.17) is 5.73 Å². The van der Waals surface area contributed by atoms with E-state index in [1.807, 2.05) is 6.92 Å². The molecular formula is C7H15N. The maximum absolute atomic E-state index is 5.52. The van der Waals surface area contributed by atoms with E-state index in [1.54, 1.807) is 0 Å². The highest BCUT2D eigenvalue weighted by Gasteiger charge is 1.96. The van der Waals surface area contributed by atoms with Gasteiger partial charge in [0.05, 0.1) is 0 Å². The first-order chi connectivity index (χ1) is 3.68. The molecule has 0 heterocycles. The second-order valence-electron chi connectivity index (χ2n) is 2.20. The average Bonchev–Trinajstić information content (AvgIpc) is 1.67. The molecule has 0 saturated heterocycles. The summed E-state index contributed by atoms with van der Waals surface area (Å²) in [6.07, 6.45) is 2.22. The summed E-state index contributed by atoms with van der Waals surface area (Å²) in [6.45, 7) is 7.92. The van der Waals surface area contributed by atoms with Crippen LogP contribution in [0.3, 0.4) is 0 Å². The summed E-state index contributed by atoms with van der Waals surface area (Å²) in [5, 5.41) is 0. The number of nitrogens with two attached hydrogens (primary N) is 1. The molecule has 0 saturated carbocycles. The van der Waals surface area contributed by atoms with Gasteiger partial charge in [-0.1, -0.05) is 25.5 Å². The van der Waals surface area contributed by atoms with Gasteiger partial charge in [0.2, 0.25) is 0 Å². The maximum Gasteiger partial charge on any atom is 0.0222 e. The van der Waals surface area contributed by atoms with Crippen molar-refractivity contribution in [3.05, 3.63) is 12.2 Å². The Morgan fingerprint density at radius 2 is 2.25 bits per heavy atom. The largest absolute Gasteiger partial charge is 0.324 e. The van der Waals surface area contributed by atoms with Crippen molar-refractivity contribution < 1.29 is 0 Å². The zero-order chi connectivity index (χ0) is 6.57. The smallest absolute Gasteiger partial charge is 0.0222 e. The van der Waals surface area contributed by atoms with Crippen LogP contribution in [-0.2, 0) is 0 Å². The molecule has 0 aromatic heterocycles. The summed E-state index contributed by atoms with van der Waals surface area (Å²) in [5.41, 5.74) is 6.68. The van der Waals surface area contributed by atoms with E-state index in [0.29, 0.717) is 0 Å². The van der Waals surface area contributed by atoms with Crippen LogP contribution < -0.4 is 5.73 Å². The molecule has 1 heteroatoms. The summed E-state index contributed by atoms with van der Waals surface area (Å²) in [5.74, 6) is 0. The fourth-order valence-corrected chi connectivity index (χ4v) is 0.549. The molecule has 0 aliphatic carbocycles. The zero-order valence-corrected chi connectivity index (χ0v) is 5.78. The molecule has 1 atom stereocenters. The van der Waals surface area contributed by atoms with Crippen LogP contribution in [0.2, 0.25) is 0 Å². The SMILES string of the molecule is C=C(CCC)C(C)N.